The van der Waals surface area contributed by atoms with E-state index in [-0.39, 0.29) is 19.4 Å². The maximum absolute atomic E-state index is 14.4. The molecule has 1 unspecified atom stereocenters. The molecular formula is C36H47N5O9S. The molecule has 3 heterocycles. The maximum Gasteiger partial charge on any atom is 0.408 e. The van der Waals surface area contributed by atoms with Crippen LogP contribution in [0.15, 0.2) is 42.6 Å². The van der Waals surface area contributed by atoms with Crippen LogP contribution in [0.1, 0.15) is 78.6 Å². The van der Waals surface area contributed by atoms with Gasteiger partial charge in [0.15, 0.2) is 0 Å². The zero-order chi connectivity index (χ0) is 36.6. The van der Waals surface area contributed by atoms with Gasteiger partial charge >= 0.3 is 6.09 Å². The number of hydrogen-bond donors (Lipinski definition) is 3. The fraction of sp³-hybridized carbons (Fsp3) is 0.583. The SMILES string of the molecule is COc1ccc2c(O[C@@H]3C[C@H]4C(=O)N[C@]5(C(=O)NS(=O)(=O)C6CC6)CC5/C=C\CCCCC[C@H](NC(=O)OC(C)(C)C)C(=O)N4C3)nccc2c1. The number of amides is 4. The predicted molar refractivity (Wildman–Crippen MR) is 187 cm³/mol. The maximum atomic E-state index is 14.4. The van der Waals surface area contributed by atoms with E-state index < -0.39 is 74.3 Å². The van der Waals surface area contributed by atoms with Gasteiger partial charge in [0.1, 0.15) is 35.1 Å². The molecule has 3 fully saturated rings. The van der Waals surface area contributed by atoms with Crippen molar-refractivity contribution in [2.75, 3.05) is 13.7 Å². The Morgan fingerprint density at radius 2 is 1.86 bits per heavy atom. The first-order valence-corrected chi connectivity index (χ1v) is 19.2. The number of nitrogens with zero attached hydrogens (tertiary/aromatic N) is 2. The molecule has 6 rings (SSSR count). The molecule has 15 heteroatoms. The molecule has 0 radical (unpaired) electrons. The molecule has 1 aromatic carbocycles. The molecule has 0 bridgehead atoms. The van der Waals surface area contributed by atoms with E-state index in [0.717, 1.165) is 18.2 Å². The molecule has 2 aliphatic carbocycles. The van der Waals surface area contributed by atoms with Crippen LogP contribution in [-0.2, 0) is 29.1 Å². The molecule has 5 atom stereocenters. The Labute approximate surface area is 298 Å². The molecule has 2 saturated carbocycles. The number of fused-ring (bicyclic) bond motifs is 3. The van der Waals surface area contributed by atoms with Gasteiger partial charge in [0.25, 0.3) is 5.91 Å². The van der Waals surface area contributed by atoms with Crippen LogP contribution in [0.2, 0.25) is 0 Å². The largest absolute Gasteiger partial charge is 0.497 e. The van der Waals surface area contributed by atoms with Crippen molar-refractivity contribution in [2.45, 2.75) is 113 Å². The van der Waals surface area contributed by atoms with E-state index in [1.165, 1.54) is 4.90 Å². The van der Waals surface area contributed by atoms with Gasteiger partial charge in [-0.15, -0.1) is 0 Å². The summed E-state index contributed by atoms with van der Waals surface area (Å²) in [4.78, 5) is 61.1. The number of rotatable bonds is 7. The third-order valence-corrected chi connectivity index (χ3v) is 11.6. The van der Waals surface area contributed by atoms with Crippen molar-refractivity contribution in [3.63, 3.8) is 0 Å². The van der Waals surface area contributed by atoms with Crippen LogP contribution in [-0.4, -0.2) is 90.3 Å². The van der Waals surface area contributed by atoms with E-state index >= 15 is 0 Å². The zero-order valence-corrected chi connectivity index (χ0v) is 30.3. The average Bonchev–Trinajstić information content (AvgIpc) is 3.99. The average molecular weight is 726 g/mol. The van der Waals surface area contributed by atoms with Crippen LogP contribution in [0.4, 0.5) is 4.79 Å². The number of nitrogens with one attached hydrogen (secondary N) is 3. The van der Waals surface area contributed by atoms with Gasteiger partial charge in [-0.05, 0) is 88.9 Å². The lowest BCUT2D eigenvalue weighted by Gasteiger charge is -2.30. The number of allylic oxidation sites excluding steroid dienone is 1. The van der Waals surface area contributed by atoms with Crippen LogP contribution in [0.5, 0.6) is 11.6 Å². The summed E-state index contributed by atoms with van der Waals surface area (Å²) in [5.74, 6) is -1.34. The molecule has 2 aromatic rings. The standard InChI is InChI=1S/C36H47N5O9S/c1-35(2,3)50-34(45)38-28-11-9-7-5-6-8-10-23-20-36(23,33(44)40-51(46,47)26-13-14-26)39-30(42)29-19-25(21-41(29)32(28)43)49-31-27-15-12-24(48-4)18-22(27)16-17-37-31/h8,10,12,15-18,23,25-26,28-29H,5-7,9,11,13-14,19-21H2,1-4H3,(H,38,45)(H,39,42)(H,40,44)/b10-8-/t23?,25-,28+,29+,36-/m1/s1. The number of hydrogen-bond acceptors (Lipinski definition) is 10. The molecular weight excluding hydrogens is 678 g/mol. The van der Waals surface area contributed by atoms with E-state index in [2.05, 4.69) is 20.3 Å². The molecule has 3 N–H and O–H groups in total. The smallest absolute Gasteiger partial charge is 0.408 e. The Morgan fingerprint density at radius 1 is 1.08 bits per heavy atom. The number of carbonyl (C=O) groups excluding carboxylic acids is 4. The van der Waals surface area contributed by atoms with Gasteiger partial charge in [-0.3, -0.25) is 19.1 Å². The van der Waals surface area contributed by atoms with Crippen molar-refractivity contribution in [2.24, 2.45) is 5.92 Å². The van der Waals surface area contributed by atoms with Crippen molar-refractivity contribution < 1.29 is 41.8 Å². The van der Waals surface area contributed by atoms with Gasteiger partial charge in [0, 0.05) is 23.9 Å². The molecule has 276 valence electrons. The number of sulfonamides is 1. The summed E-state index contributed by atoms with van der Waals surface area (Å²) in [6, 6.07) is 5.19. The summed E-state index contributed by atoms with van der Waals surface area (Å²) < 4.78 is 45.0. The first-order valence-electron chi connectivity index (χ1n) is 17.6. The first kappa shape index (κ1) is 36.4. The van der Waals surface area contributed by atoms with Crippen molar-refractivity contribution >= 4 is 44.6 Å². The Bertz CT molecular complexity index is 1820. The third-order valence-electron chi connectivity index (χ3n) is 9.75. The molecule has 14 nitrogen and oxygen atoms in total. The summed E-state index contributed by atoms with van der Waals surface area (Å²) in [7, 11) is -2.31. The fourth-order valence-corrected chi connectivity index (χ4v) is 8.17. The molecule has 4 aliphatic rings. The lowest BCUT2D eigenvalue weighted by Crippen LogP contribution is -2.58. The van der Waals surface area contributed by atoms with Gasteiger partial charge in [-0.25, -0.2) is 18.2 Å². The van der Waals surface area contributed by atoms with E-state index in [1.807, 2.05) is 30.4 Å². The lowest BCUT2D eigenvalue weighted by atomic mass is 10.0. The Kier molecular flexibility index (Phi) is 10.2. The predicted octanol–water partition coefficient (Wildman–Crippen LogP) is 3.49. The molecule has 1 saturated heterocycles. The molecule has 2 aliphatic heterocycles. The molecule has 0 spiro atoms. The summed E-state index contributed by atoms with van der Waals surface area (Å²) in [5, 5.41) is 6.51. The monoisotopic (exact) mass is 725 g/mol. The topological polar surface area (TPSA) is 182 Å². The second-order valence-corrected chi connectivity index (χ2v) is 16.9. The molecule has 51 heavy (non-hydrogen) atoms. The van der Waals surface area contributed by atoms with Crippen molar-refractivity contribution in [1.82, 2.24) is 25.2 Å². The van der Waals surface area contributed by atoms with E-state index in [4.69, 9.17) is 14.2 Å². The van der Waals surface area contributed by atoms with Crippen LogP contribution in [0.25, 0.3) is 10.8 Å². The van der Waals surface area contributed by atoms with Crippen LogP contribution >= 0.6 is 0 Å². The Hall–Kier alpha value is -4.40. The minimum atomic E-state index is -3.88. The number of alkyl carbamates (subject to hydrolysis) is 1. The fourth-order valence-electron chi connectivity index (χ4n) is 6.80. The number of aromatic nitrogens is 1. The lowest BCUT2D eigenvalue weighted by molar-refractivity contribution is -0.141. The highest BCUT2D eigenvalue weighted by molar-refractivity contribution is 7.91. The van der Waals surface area contributed by atoms with Crippen LogP contribution in [0, 0.1) is 5.92 Å². The second-order valence-electron chi connectivity index (χ2n) is 14.9. The highest BCUT2D eigenvalue weighted by atomic mass is 32.2. The normalized spacial score (nSPS) is 27.9. The van der Waals surface area contributed by atoms with Gasteiger partial charge < -0.3 is 29.7 Å². The van der Waals surface area contributed by atoms with Crippen LogP contribution < -0.4 is 24.8 Å². The quantitative estimate of drug-likeness (QED) is 0.358. The van der Waals surface area contributed by atoms with E-state index in [1.54, 1.807) is 40.1 Å². The Balaban J connectivity index is 1.30. The van der Waals surface area contributed by atoms with E-state index in [9.17, 15) is 27.6 Å². The van der Waals surface area contributed by atoms with E-state index in [0.29, 0.717) is 49.1 Å². The van der Waals surface area contributed by atoms with Gasteiger partial charge in [-0.2, -0.15) is 0 Å². The highest BCUT2D eigenvalue weighted by Gasteiger charge is 2.62. The summed E-state index contributed by atoms with van der Waals surface area (Å²) >= 11 is 0. The molecule has 4 amide bonds. The Morgan fingerprint density at radius 3 is 2.59 bits per heavy atom. The highest BCUT2D eigenvalue weighted by Crippen LogP contribution is 2.46. The second kappa shape index (κ2) is 14.3. The number of methoxy groups -OCH3 is 1. The number of pyridine rings is 1. The third kappa shape index (κ3) is 8.40. The van der Waals surface area contributed by atoms with Crippen molar-refractivity contribution in [1.29, 1.82) is 0 Å². The van der Waals surface area contributed by atoms with Gasteiger partial charge in [0.2, 0.25) is 27.7 Å². The number of carbonyl (C=O) groups is 4. The number of benzene rings is 1. The summed E-state index contributed by atoms with van der Waals surface area (Å²) in [6.07, 6.45) is 8.41. The summed E-state index contributed by atoms with van der Waals surface area (Å²) in [6.45, 7) is 5.18. The minimum absolute atomic E-state index is 0.00374. The van der Waals surface area contributed by atoms with Gasteiger partial charge in [0.05, 0.1) is 18.9 Å². The zero-order valence-electron chi connectivity index (χ0n) is 29.5. The summed E-state index contributed by atoms with van der Waals surface area (Å²) in [5.41, 5.74) is -2.29. The molecule has 1 aromatic heterocycles. The van der Waals surface area contributed by atoms with Crippen molar-refractivity contribution in [3.05, 3.63) is 42.6 Å². The van der Waals surface area contributed by atoms with Crippen molar-refractivity contribution in [3.8, 4) is 11.6 Å². The number of ether oxygens (including phenoxy) is 3. The minimum Gasteiger partial charge on any atom is -0.497 e. The van der Waals surface area contributed by atoms with Crippen LogP contribution in [0.3, 0.4) is 0 Å². The first-order chi connectivity index (χ1) is 24.2. The van der Waals surface area contributed by atoms with Gasteiger partial charge in [-0.1, -0.05) is 25.0 Å².